The third kappa shape index (κ3) is 2.93. The Morgan fingerprint density at radius 3 is 2.69 bits per heavy atom. The smallest absolute Gasteiger partial charge is 0.225 e. The van der Waals surface area contributed by atoms with Gasteiger partial charge in [-0.05, 0) is 12.1 Å². The van der Waals surface area contributed by atoms with Crippen LogP contribution in [0.3, 0.4) is 0 Å². The monoisotopic (exact) mass is 181 g/mol. The predicted molar refractivity (Wildman–Crippen MR) is 50.0 cm³/mol. The molecule has 0 aliphatic carbocycles. The van der Waals surface area contributed by atoms with Gasteiger partial charge in [0, 0.05) is 5.41 Å². The van der Waals surface area contributed by atoms with Crippen LogP contribution in [0.4, 0.5) is 0 Å². The van der Waals surface area contributed by atoms with Crippen molar-refractivity contribution in [1.29, 1.82) is 0 Å². The first-order valence-electron chi connectivity index (χ1n) is 4.31. The Bertz CT molecular complexity index is 270. The largest absolute Gasteiger partial charge is 0.467 e. The number of hydrogen-bond donors (Lipinski definition) is 1. The van der Waals surface area contributed by atoms with Gasteiger partial charge >= 0.3 is 0 Å². The highest BCUT2D eigenvalue weighted by molar-refractivity contribution is 5.81. The summed E-state index contributed by atoms with van der Waals surface area (Å²) in [7, 11) is 0. The van der Waals surface area contributed by atoms with Crippen molar-refractivity contribution in [3.05, 3.63) is 24.2 Å². The number of nitrogens with one attached hydrogen (secondary N) is 1. The normalized spacial score (nSPS) is 11.3. The van der Waals surface area contributed by atoms with E-state index in [1.54, 1.807) is 12.3 Å². The zero-order chi connectivity index (χ0) is 9.90. The van der Waals surface area contributed by atoms with Gasteiger partial charge in [0.15, 0.2) is 0 Å². The van der Waals surface area contributed by atoms with E-state index in [2.05, 4.69) is 5.32 Å². The van der Waals surface area contributed by atoms with E-state index in [0.717, 1.165) is 5.76 Å². The zero-order valence-corrected chi connectivity index (χ0v) is 8.26. The number of amides is 1. The van der Waals surface area contributed by atoms with Crippen molar-refractivity contribution in [2.24, 2.45) is 5.41 Å². The van der Waals surface area contributed by atoms with Crippen molar-refractivity contribution in [2.45, 2.75) is 27.3 Å². The molecule has 3 heteroatoms. The second-order valence-corrected chi connectivity index (χ2v) is 4.01. The molecule has 1 rings (SSSR count). The average Bonchev–Trinajstić information content (AvgIpc) is 2.50. The molecule has 0 unspecified atom stereocenters. The number of carbonyl (C=O) groups excluding carboxylic acids is 1. The minimum absolute atomic E-state index is 0.0314. The van der Waals surface area contributed by atoms with E-state index < -0.39 is 0 Å². The van der Waals surface area contributed by atoms with Crippen LogP contribution in [0.15, 0.2) is 22.8 Å². The first kappa shape index (κ1) is 9.84. The summed E-state index contributed by atoms with van der Waals surface area (Å²) in [6.45, 7) is 6.10. The molecule has 0 bridgehead atoms. The van der Waals surface area contributed by atoms with E-state index in [0.29, 0.717) is 6.54 Å². The molecule has 0 aliphatic rings. The summed E-state index contributed by atoms with van der Waals surface area (Å²) in [5, 5.41) is 2.79. The van der Waals surface area contributed by atoms with E-state index in [1.165, 1.54) is 0 Å². The second-order valence-electron chi connectivity index (χ2n) is 4.01. The molecule has 0 spiro atoms. The molecule has 1 amide bonds. The summed E-state index contributed by atoms with van der Waals surface area (Å²) >= 11 is 0. The van der Waals surface area contributed by atoms with Crippen LogP contribution in [0.1, 0.15) is 26.5 Å². The Labute approximate surface area is 78.1 Å². The summed E-state index contributed by atoms with van der Waals surface area (Å²) in [5.74, 6) is 0.807. The Kier molecular flexibility index (Phi) is 2.76. The first-order chi connectivity index (χ1) is 6.00. The van der Waals surface area contributed by atoms with Crippen molar-refractivity contribution in [1.82, 2.24) is 5.32 Å². The van der Waals surface area contributed by atoms with Gasteiger partial charge in [0.2, 0.25) is 5.91 Å². The number of rotatable bonds is 2. The number of hydrogen-bond acceptors (Lipinski definition) is 2. The van der Waals surface area contributed by atoms with E-state index in [1.807, 2.05) is 26.8 Å². The van der Waals surface area contributed by atoms with Gasteiger partial charge in [-0.15, -0.1) is 0 Å². The van der Waals surface area contributed by atoms with Gasteiger partial charge < -0.3 is 9.73 Å². The van der Waals surface area contributed by atoms with Gasteiger partial charge in [-0.3, -0.25) is 4.79 Å². The predicted octanol–water partition coefficient (Wildman–Crippen LogP) is 1.94. The van der Waals surface area contributed by atoms with Crippen LogP contribution in [-0.2, 0) is 11.3 Å². The van der Waals surface area contributed by atoms with E-state index in [9.17, 15) is 4.79 Å². The lowest BCUT2D eigenvalue weighted by molar-refractivity contribution is -0.128. The minimum Gasteiger partial charge on any atom is -0.467 e. The quantitative estimate of drug-likeness (QED) is 0.757. The van der Waals surface area contributed by atoms with Crippen LogP contribution < -0.4 is 5.32 Å². The van der Waals surface area contributed by atoms with Gasteiger partial charge in [0.05, 0.1) is 12.8 Å². The molecule has 1 aromatic heterocycles. The van der Waals surface area contributed by atoms with Crippen LogP contribution in [0.2, 0.25) is 0 Å². The van der Waals surface area contributed by atoms with Crippen molar-refractivity contribution in [3.8, 4) is 0 Å². The lowest BCUT2D eigenvalue weighted by Crippen LogP contribution is -2.34. The van der Waals surface area contributed by atoms with Crippen LogP contribution in [0.25, 0.3) is 0 Å². The van der Waals surface area contributed by atoms with Crippen LogP contribution in [0, 0.1) is 5.41 Å². The van der Waals surface area contributed by atoms with Crippen LogP contribution in [-0.4, -0.2) is 5.91 Å². The second kappa shape index (κ2) is 3.64. The van der Waals surface area contributed by atoms with E-state index in [4.69, 9.17) is 4.42 Å². The molecule has 0 aliphatic heterocycles. The molecule has 3 nitrogen and oxygen atoms in total. The molecule has 72 valence electrons. The Balaban J connectivity index is 2.40. The third-order valence-electron chi connectivity index (χ3n) is 1.68. The maximum atomic E-state index is 11.4. The molecule has 0 fully saturated rings. The summed E-state index contributed by atoms with van der Waals surface area (Å²) in [5.41, 5.74) is -0.341. The molecule has 1 aromatic rings. The van der Waals surface area contributed by atoms with Crippen LogP contribution >= 0.6 is 0 Å². The van der Waals surface area contributed by atoms with Gasteiger partial charge in [-0.1, -0.05) is 20.8 Å². The Hall–Kier alpha value is -1.25. The molecule has 0 saturated heterocycles. The molecule has 0 aromatic carbocycles. The minimum atomic E-state index is -0.341. The van der Waals surface area contributed by atoms with Gasteiger partial charge in [0.1, 0.15) is 5.76 Å². The highest BCUT2D eigenvalue weighted by Gasteiger charge is 2.20. The van der Waals surface area contributed by atoms with Crippen molar-refractivity contribution >= 4 is 5.91 Å². The standard InChI is InChI=1S/C10H15NO2/c1-10(2,3)9(12)11-7-8-5-4-6-13-8/h4-6H,7H2,1-3H3,(H,11,12). The molecule has 1 heterocycles. The number of carbonyl (C=O) groups is 1. The first-order valence-corrected chi connectivity index (χ1v) is 4.31. The molecule has 0 saturated carbocycles. The maximum Gasteiger partial charge on any atom is 0.225 e. The summed E-state index contributed by atoms with van der Waals surface area (Å²) in [4.78, 5) is 11.4. The number of furan rings is 1. The third-order valence-corrected chi connectivity index (χ3v) is 1.68. The van der Waals surface area contributed by atoms with Crippen molar-refractivity contribution in [2.75, 3.05) is 0 Å². The molecule has 0 atom stereocenters. The fourth-order valence-electron chi connectivity index (χ4n) is 0.846. The fraction of sp³-hybridized carbons (Fsp3) is 0.500. The van der Waals surface area contributed by atoms with Gasteiger partial charge in [-0.2, -0.15) is 0 Å². The van der Waals surface area contributed by atoms with E-state index in [-0.39, 0.29) is 11.3 Å². The highest BCUT2D eigenvalue weighted by atomic mass is 16.3. The van der Waals surface area contributed by atoms with Crippen molar-refractivity contribution < 1.29 is 9.21 Å². The molecule has 0 radical (unpaired) electrons. The summed E-state index contributed by atoms with van der Waals surface area (Å²) in [6.07, 6.45) is 1.60. The van der Waals surface area contributed by atoms with E-state index >= 15 is 0 Å². The lowest BCUT2D eigenvalue weighted by atomic mass is 9.96. The molecular formula is C10H15NO2. The molecular weight excluding hydrogens is 166 g/mol. The SMILES string of the molecule is CC(C)(C)C(=O)NCc1ccco1. The van der Waals surface area contributed by atoms with Crippen LogP contribution in [0.5, 0.6) is 0 Å². The lowest BCUT2D eigenvalue weighted by Gasteiger charge is -2.16. The van der Waals surface area contributed by atoms with Crippen molar-refractivity contribution in [3.63, 3.8) is 0 Å². The highest BCUT2D eigenvalue weighted by Crippen LogP contribution is 2.12. The summed E-state index contributed by atoms with van der Waals surface area (Å²) in [6, 6.07) is 3.64. The molecule has 1 N–H and O–H groups in total. The van der Waals surface area contributed by atoms with Gasteiger partial charge in [-0.25, -0.2) is 0 Å². The topological polar surface area (TPSA) is 42.2 Å². The average molecular weight is 181 g/mol. The molecule has 13 heavy (non-hydrogen) atoms. The van der Waals surface area contributed by atoms with Gasteiger partial charge in [0.25, 0.3) is 0 Å². The zero-order valence-electron chi connectivity index (χ0n) is 8.26. The fourth-order valence-corrected chi connectivity index (χ4v) is 0.846. The Morgan fingerprint density at radius 1 is 1.54 bits per heavy atom. The Morgan fingerprint density at radius 2 is 2.23 bits per heavy atom. The summed E-state index contributed by atoms with van der Waals surface area (Å²) < 4.78 is 5.08. The maximum absolute atomic E-state index is 11.4.